The second-order valence-corrected chi connectivity index (χ2v) is 25.8. The number of fused-ring (bicyclic) bond motifs is 4. The molecular formula is C66H70N12O12S3. The summed E-state index contributed by atoms with van der Waals surface area (Å²) in [5.74, 6) is 3.57. The standard InChI is InChI=1S/C18H15N3O4.C17H15N3O3S.C17H23N3O2S.C14H17N3O3S/c22-16(11-4-2-1-3-5-11)12-6-7-14-15(8-12)20-17(19-14)21-18(23)25-13-9-24-10-13;21-17(23-11-9-22-10-11)20-16-18-14-7-6-13(8-15(14)19-16)24-12-4-2-1-3-5-12;1-3-9-23-12-5-6-13-14(10-12)19-15(18-13)20-16(21)22-11-17(2)7-4-8-17;1-2-5-21-10-3-4-11-12(6-10)16-13(15-11)17-14(18)20-9-7-19-8-9/h1-8,13H,9-10H2,(H2,19,20,21,23);1-8,11H,9-10H2,(H2,18,19,20,21);5-6,10H,3-4,7-9,11H2,1-2H3,(H2,18,19,20,21);3-4,6,9H,2,5,7-8H2,1H3,(H2,15,16,17,18). The third-order valence-electron chi connectivity index (χ3n) is 14.7. The van der Waals surface area contributed by atoms with Crippen molar-refractivity contribution in [1.82, 2.24) is 39.9 Å². The number of carbonyl (C=O) groups is 5. The van der Waals surface area contributed by atoms with Gasteiger partial charge in [0.05, 0.1) is 90.4 Å². The Morgan fingerprint density at radius 2 is 0.860 bits per heavy atom. The van der Waals surface area contributed by atoms with Crippen LogP contribution in [0, 0.1) is 5.41 Å². The molecule has 93 heavy (non-hydrogen) atoms. The summed E-state index contributed by atoms with van der Waals surface area (Å²) in [4.78, 5) is 93.8. The van der Waals surface area contributed by atoms with Crippen LogP contribution >= 0.6 is 35.3 Å². The van der Waals surface area contributed by atoms with Crippen molar-refractivity contribution in [2.24, 2.45) is 5.41 Å². The van der Waals surface area contributed by atoms with E-state index in [2.05, 4.69) is 106 Å². The van der Waals surface area contributed by atoms with Gasteiger partial charge in [0.2, 0.25) is 23.8 Å². The number of imidazole rings is 4. The number of aromatic amines is 4. The molecule has 3 aliphatic heterocycles. The molecule has 1 saturated carbocycles. The van der Waals surface area contributed by atoms with Crippen LogP contribution < -0.4 is 21.3 Å². The van der Waals surface area contributed by atoms with E-state index in [1.165, 1.54) is 21.1 Å². The number of ether oxygens (including phenoxy) is 7. The lowest BCUT2D eigenvalue weighted by Gasteiger charge is -2.37. The van der Waals surface area contributed by atoms with Crippen molar-refractivity contribution >= 4 is 133 Å². The van der Waals surface area contributed by atoms with E-state index in [9.17, 15) is 24.0 Å². The lowest BCUT2D eigenvalue weighted by molar-refractivity contribution is -0.0952. The molecule has 24 nitrogen and oxygen atoms in total. The summed E-state index contributed by atoms with van der Waals surface area (Å²) >= 11 is 5.29. The van der Waals surface area contributed by atoms with E-state index in [0.29, 0.717) is 86.3 Å². The summed E-state index contributed by atoms with van der Waals surface area (Å²) in [6.45, 7) is 9.61. The Morgan fingerprint density at radius 3 is 1.26 bits per heavy atom. The van der Waals surface area contributed by atoms with Gasteiger partial charge in [0.15, 0.2) is 24.1 Å². The van der Waals surface area contributed by atoms with Crippen molar-refractivity contribution < 1.29 is 57.1 Å². The maximum absolute atomic E-state index is 12.5. The number of thioether (sulfide) groups is 2. The lowest BCUT2D eigenvalue weighted by Crippen LogP contribution is -2.39. The Kier molecular flexibility index (Phi) is 22.1. The van der Waals surface area contributed by atoms with Crippen molar-refractivity contribution in [3.63, 3.8) is 0 Å². The highest BCUT2D eigenvalue weighted by Crippen LogP contribution is 2.40. The minimum Gasteiger partial charge on any atom is -0.449 e. The Hall–Kier alpha value is -9.12. The van der Waals surface area contributed by atoms with Gasteiger partial charge < -0.3 is 53.1 Å². The van der Waals surface area contributed by atoms with Gasteiger partial charge in [-0.05, 0) is 122 Å². The first-order valence-electron chi connectivity index (χ1n) is 30.4. The zero-order valence-electron chi connectivity index (χ0n) is 51.2. The summed E-state index contributed by atoms with van der Waals surface area (Å²) in [6.07, 6.45) is 3.16. The molecule has 4 fully saturated rings. The first-order chi connectivity index (χ1) is 45.3. The maximum Gasteiger partial charge on any atom is 0.414 e. The molecule has 1 aliphatic carbocycles. The fraction of sp³-hybridized carbons (Fsp3) is 0.318. The lowest BCUT2D eigenvalue weighted by atomic mass is 9.71. The van der Waals surface area contributed by atoms with Gasteiger partial charge in [-0.3, -0.25) is 26.1 Å². The van der Waals surface area contributed by atoms with Gasteiger partial charge in [-0.15, -0.1) is 23.5 Å². The molecule has 3 saturated heterocycles. The van der Waals surface area contributed by atoms with Crippen molar-refractivity contribution in [2.45, 2.75) is 90.8 Å². The summed E-state index contributed by atoms with van der Waals surface area (Å²) in [7, 11) is 0. The van der Waals surface area contributed by atoms with E-state index >= 15 is 0 Å². The molecule has 0 bridgehead atoms. The maximum atomic E-state index is 12.5. The Balaban J connectivity index is 0.000000127. The minimum absolute atomic E-state index is 0.0731. The van der Waals surface area contributed by atoms with Crippen molar-refractivity contribution in [3.05, 3.63) is 145 Å². The number of nitrogens with zero attached hydrogens (tertiary/aromatic N) is 4. The van der Waals surface area contributed by atoms with Gasteiger partial charge >= 0.3 is 24.4 Å². The summed E-state index contributed by atoms with van der Waals surface area (Å²) in [6, 6.07) is 42.4. The van der Waals surface area contributed by atoms with Crippen LogP contribution in [-0.2, 0) is 33.2 Å². The molecular weight excluding hydrogens is 1250 g/mol. The number of anilines is 4. The fourth-order valence-electron chi connectivity index (χ4n) is 9.39. The molecule has 10 aromatic rings. The average Bonchev–Trinajstić information content (AvgIpc) is 1.76. The molecule has 4 aromatic heterocycles. The number of hydrogen-bond donors (Lipinski definition) is 8. The third-order valence-corrected chi connectivity index (χ3v) is 18.1. The predicted octanol–water partition coefficient (Wildman–Crippen LogP) is 14.2. The summed E-state index contributed by atoms with van der Waals surface area (Å²) in [5, 5.41) is 10.4. The van der Waals surface area contributed by atoms with Gasteiger partial charge in [-0.2, -0.15) is 0 Å². The molecule has 0 radical (unpaired) electrons. The van der Waals surface area contributed by atoms with E-state index in [4.69, 9.17) is 33.2 Å². The summed E-state index contributed by atoms with van der Waals surface area (Å²) in [5.41, 5.74) is 7.75. The normalized spacial score (nSPS) is 14.8. The van der Waals surface area contributed by atoms with Crippen LogP contribution in [0.25, 0.3) is 44.1 Å². The van der Waals surface area contributed by atoms with Gasteiger partial charge in [0.25, 0.3) is 0 Å². The van der Waals surface area contributed by atoms with E-state index in [1.54, 1.807) is 53.9 Å². The van der Waals surface area contributed by atoms with E-state index < -0.39 is 24.4 Å². The molecule has 27 heteroatoms. The highest BCUT2D eigenvalue weighted by molar-refractivity contribution is 7.99. The van der Waals surface area contributed by atoms with Crippen LogP contribution in [0.2, 0.25) is 0 Å². The van der Waals surface area contributed by atoms with Crippen LogP contribution in [0.3, 0.4) is 0 Å². The molecule has 4 amide bonds. The molecule has 7 heterocycles. The van der Waals surface area contributed by atoms with Gasteiger partial charge in [-0.25, -0.2) is 39.1 Å². The minimum atomic E-state index is -0.590. The monoisotopic (exact) mass is 1320 g/mol. The highest BCUT2D eigenvalue weighted by atomic mass is 32.2. The first-order valence-corrected chi connectivity index (χ1v) is 33.2. The van der Waals surface area contributed by atoms with Gasteiger partial charge in [0.1, 0.15) is 0 Å². The van der Waals surface area contributed by atoms with E-state index in [-0.39, 0.29) is 35.5 Å². The Labute approximate surface area is 547 Å². The third kappa shape index (κ3) is 18.6. The zero-order chi connectivity index (χ0) is 64.5. The number of H-pyrrole nitrogens is 4. The van der Waals surface area contributed by atoms with Gasteiger partial charge in [0, 0.05) is 36.1 Å². The second-order valence-electron chi connectivity index (χ2n) is 22.4. The van der Waals surface area contributed by atoms with Crippen molar-refractivity contribution in [2.75, 3.05) is 79.0 Å². The average molecular weight is 1320 g/mol. The number of rotatable bonds is 19. The molecule has 4 aliphatic rings. The number of ketones is 1. The molecule has 0 spiro atoms. The summed E-state index contributed by atoms with van der Waals surface area (Å²) < 4.78 is 35.6. The molecule has 14 rings (SSSR count). The number of nitrogens with one attached hydrogen (secondary N) is 8. The fourth-order valence-corrected chi connectivity index (χ4v) is 11.9. The molecule has 0 unspecified atom stereocenters. The highest BCUT2D eigenvalue weighted by Gasteiger charge is 2.33. The van der Waals surface area contributed by atoms with Gasteiger partial charge in [-0.1, -0.05) is 87.5 Å². The van der Waals surface area contributed by atoms with Crippen LogP contribution in [0.5, 0.6) is 0 Å². The predicted molar refractivity (Wildman–Crippen MR) is 358 cm³/mol. The molecule has 8 N–H and O–H groups in total. The molecule has 6 aromatic carbocycles. The number of benzene rings is 6. The number of amides is 4. The second kappa shape index (κ2) is 31.5. The first kappa shape index (κ1) is 65.4. The molecule has 484 valence electrons. The van der Waals surface area contributed by atoms with E-state index in [1.807, 2.05) is 90.6 Å². The SMILES string of the molecule is CCCSc1ccc2nc(NC(=O)OC3COC3)[nH]c2c1.CCCSc1ccc2nc(NC(=O)OCC3(C)CCC3)[nH]c2c1.O=C(Nc1nc2ccc(C(=O)c3ccccc3)cc2[nH]1)OC1COC1.O=C(Nc1nc2ccc(Sc3ccccc3)cc2[nH]1)OC1COC1. The Morgan fingerprint density at radius 1 is 0.473 bits per heavy atom. The van der Waals surface area contributed by atoms with Crippen LogP contribution in [-0.4, -0.2) is 146 Å². The van der Waals surface area contributed by atoms with Crippen molar-refractivity contribution in [3.8, 4) is 0 Å². The number of carbonyl (C=O) groups excluding carboxylic acids is 5. The zero-order valence-corrected chi connectivity index (χ0v) is 53.7. The van der Waals surface area contributed by atoms with Crippen molar-refractivity contribution in [1.29, 1.82) is 0 Å². The number of hydrogen-bond acceptors (Lipinski definition) is 19. The largest absolute Gasteiger partial charge is 0.449 e. The van der Waals surface area contributed by atoms with Crippen LogP contribution in [0.4, 0.5) is 43.0 Å². The van der Waals surface area contributed by atoms with Crippen LogP contribution in [0.1, 0.15) is 68.8 Å². The number of aromatic nitrogens is 8. The smallest absolute Gasteiger partial charge is 0.414 e. The Bertz CT molecular complexity index is 4190. The quantitative estimate of drug-likeness (QED) is 0.0212. The topological polar surface area (TPSA) is 313 Å². The van der Waals surface area contributed by atoms with Crippen LogP contribution in [0.15, 0.2) is 153 Å². The van der Waals surface area contributed by atoms with E-state index in [0.717, 1.165) is 75.2 Å². The molecule has 0 atom stereocenters.